The van der Waals surface area contributed by atoms with E-state index < -0.39 is 6.04 Å². The van der Waals surface area contributed by atoms with Gasteiger partial charge in [0.25, 0.3) is 0 Å². The van der Waals surface area contributed by atoms with E-state index in [1.165, 1.54) is 0 Å². The highest BCUT2D eigenvalue weighted by atomic mass is 32.2. The van der Waals surface area contributed by atoms with Crippen LogP contribution in [-0.2, 0) is 4.79 Å². The van der Waals surface area contributed by atoms with Crippen LogP contribution in [-0.4, -0.2) is 28.5 Å². The smallest absolute Gasteiger partial charge is 0.236 e. The van der Waals surface area contributed by atoms with Gasteiger partial charge in [-0.25, -0.2) is 0 Å². The molecular formula is C11H22N2OS. The maximum Gasteiger partial charge on any atom is 0.236 e. The number of nitrogens with two attached hydrogens (primary N) is 1. The first-order chi connectivity index (χ1) is 6.67. The minimum absolute atomic E-state index is 0.0522. The van der Waals surface area contributed by atoms with Crippen molar-refractivity contribution < 1.29 is 4.79 Å². The minimum Gasteiger partial charge on any atom is -0.350 e. The molecule has 1 amide bonds. The molecule has 0 aliphatic carbocycles. The van der Waals surface area contributed by atoms with Gasteiger partial charge in [0.05, 0.1) is 6.04 Å². The number of nitrogens with one attached hydrogen (secondary N) is 1. The van der Waals surface area contributed by atoms with Crippen LogP contribution in [0.2, 0.25) is 0 Å². The molecule has 1 aliphatic heterocycles. The number of hydrogen-bond acceptors (Lipinski definition) is 3. The molecule has 1 heterocycles. The van der Waals surface area contributed by atoms with Crippen LogP contribution in [0.3, 0.4) is 0 Å². The van der Waals surface area contributed by atoms with Crippen LogP contribution in [0.1, 0.15) is 34.6 Å². The van der Waals surface area contributed by atoms with Crippen LogP contribution in [0.25, 0.3) is 0 Å². The van der Waals surface area contributed by atoms with Gasteiger partial charge < -0.3 is 11.1 Å². The van der Waals surface area contributed by atoms with Crippen molar-refractivity contribution >= 4 is 17.7 Å². The van der Waals surface area contributed by atoms with Crippen molar-refractivity contribution in [1.82, 2.24) is 5.32 Å². The van der Waals surface area contributed by atoms with Gasteiger partial charge in [0.2, 0.25) is 5.91 Å². The molecule has 1 fully saturated rings. The highest BCUT2D eigenvalue weighted by Crippen LogP contribution is 2.47. The Morgan fingerprint density at radius 1 is 1.47 bits per heavy atom. The third-order valence-corrected chi connectivity index (χ3v) is 4.86. The topological polar surface area (TPSA) is 55.1 Å². The van der Waals surface area contributed by atoms with E-state index in [0.717, 1.165) is 5.75 Å². The van der Waals surface area contributed by atoms with E-state index in [1.54, 1.807) is 6.92 Å². The fraction of sp³-hybridized carbons (Fsp3) is 0.909. The van der Waals surface area contributed by atoms with E-state index >= 15 is 0 Å². The molecule has 15 heavy (non-hydrogen) atoms. The number of carbonyl (C=O) groups is 1. The fourth-order valence-corrected chi connectivity index (χ4v) is 3.58. The Morgan fingerprint density at radius 3 is 2.33 bits per heavy atom. The molecule has 3 nitrogen and oxygen atoms in total. The second kappa shape index (κ2) is 3.98. The molecule has 4 heteroatoms. The van der Waals surface area contributed by atoms with E-state index in [-0.39, 0.29) is 22.1 Å². The number of carbonyl (C=O) groups excluding carboxylic acids is 1. The molecule has 88 valence electrons. The van der Waals surface area contributed by atoms with Gasteiger partial charge in [0.15, 0.2) is 0 Å². The lowest BCUT2D eigenvalue weighted by Gasteiger charge is -2.35. The standard InChI is InChI=1S/C11H22N2OS/c1-7(12)8(14)13-9-10(2,3)6-15-11(9,4)5/h7,9H,6,12H2,1-5H3,(H,13,14). The molecular weight excluding hydrogens is 208 g/mol. The third kappa shape index (κ3) is 2.67. The van der Waals surface area contributed by atoms with E-state index in [2.05, 4.69) is 33.0 Å². The highest BCUT2D eigenvalue weighted by molar-refractivity contribution is 8.01. The predicted octanol–water partition coefficient (Wildman–Crippen LogP) is 1.37. The summed E-state index contributed by atoms with van der Waals surface area (Å²) in [7, 11) is 0. The molecule has 3 N–H and O–H groups in total. The molecule has 0 aromatic heterocycles. The molecule has 0 aromatic carbocycles. The zero-order valence-corrected chi connectivity index (χ0v) is 11.1. The molecule has 0 spiro atoms. The Morgan fingerprint density at radius 2 is 2.00 bits per heavy atom. The molecule has 2 unspecified atom stereocenters. The van der Waals surface area contributed by atoms with Crippen LogP contribution < -0.4 is 11.1 Å². The monoisotopic (exact) mass is 230 g/mol. The third-order valence-electron chi connectivity index (χ3n) is 2.99. The lowest BCUT2D eigenvalue weighted by Crippen LogP contribution is -2.54. The van der Waals surface area contributed by atoms with Crippen LogP contribution in [0, 0.1) is 5.41 Å². The lowest BCUT2D eigenvalue weighted by atomic mass is 9.80. The minimum atomic E-state index is -0.429. The SMILES string of the molecule is CC(N)C(=O)NC1C(C)(C)CSC1(C)C. The van der Waals surface area contributed by atoms with Gasteiger partial charge in [0.1, 0.15) is 0 Å². The summed E-state index contributed by atoms with van der Waals surface area (Å²) < 4.78 is 0.0913. The Bertz CT molecular complexity index is 245. The summed E-state index contributed by atoms with van der Waals surface area (Å²) >= 11 is 1.91. The summed E-state index contributed by atoms with van der Waals surface area (Å²) in [5.74, 6) is 1.02. The summed E-state index contributed by atoms with van der Waals surface area (Å²) in [4.78, 5) is 11.6. The van der Waals surface area contributed by atoms with Crippen LogP contribution in [0.15, 0.2) is 0 Å². The van der Waals surface area contributed by atoms with Crippen molar-refractivity contribution in [2.75, 3.05) is 5.75 Å². The fourth-order valence-electron chi connectivity index (χ4n) is 2.12. The van der Waals surface area contributed by atoms with E-state index in [9.17, 15) is 4.79 Å². The van der Waals surface area contributed by atoms with Gasteiger partial charge in [-0.3, -0.25) is 4.79 Å². The summed E-state index contributed by atoms with van der Waals surface area (Å²) in [6.07, 6.45) is 0. The normalized spacial score (nSPS) is 29.9. The van der Waals surface area contributed by atoms with E-state index in [4.69, 9.17) is 5.73 Å². The van der Waals surface area contributed by atoms with Gasteiger partial charge in [-0.15, -0.1) is 0 Å². The highest BCUT2D eigenvalue weighted by Gasteiger charge is 2.48. The van der Waals surface area contributed by atoms with Crippen molar-refractivity contribution in [3.8, 4) is 0 Å². The van der Waals surface area contributed by atoms with Crippen LogP contribution in [0.4, 0.5) is 0 Å². The summed E-state index contributed by atoms with van der Waals surface area (Å²) in [6, 6.07) is -0.240. The zero-order valence-electron chi connectivity index (χ0n) is 10.3. The summed E-state index contributed by atoms with van der Waals surface area (Å²) in [5.41, 5.74) is 5.71. The first kappa shape index (κ1) is 12.8. The van der Waals surface area contributed by atoms with Gasteiger partial charge in [-0.1, -0.05) is 13.8 Å². The van der Waals surface area contributed by atoms with E-state index in [1.807, 2.05) is 11.8 Å². The number of hydrogen-bond donors (Lipinski definition) is 2. The first-order valence-electron chi connectivity index (χ1n) is 5.37. The molecule has 0 aromatic rings. The Hall–Kier alpha value is -0.220. The average molecular weight is 230 g/mol. The molecule has 1 rings (SSSR count). The zero-order chi connectivity index (χ0) is 11.9. The predicted molar refractivity (Wildman–Crippen MR) is 65.9 cm³/mol. The largest absolute Gasteiger partial charge is 0.350 e. The van der Waals surface area contributed by atoms with E-state index in [0.29, 0.717) is 0 Å². The van der Waals surface area contributed by atoms with Crippen molar-refractivity contribution in [3.63, 3.8) is 0 Å². The first-order valence-corrected chi connectivity index (χ1v) is 6.35. The molecule has 0 bridgehead atoms. The van der Waals surface area contributed by atoms with Gasteiger partial charge in [0, 0.05) is 16.5 Å². The number of amides is 1. The maximum atomic E-state index is 11.6. The van der Waals surface area contributed by atoms with Crippen molar-refractivity contribution in [2.24, 2.45) is 11.1 Å². The quantitative estimate of drug-likeness (QED) is 0.753. The molecule has 2 atom stereocenters. The summed E-state index contributed by atoms with van der Waals surface area (Å²) in [6.45, 7) is 10.5. The molecule has 1 aliphatic rings. The molecule has 0 radical (unpaired) electrons. The Kier molecular flexibility index (Phi) is 3.41. The lowest BCUT2D eigenvalue weighted by molar-refractivity contribution is -0.123. The van der Waals surface area contributed by atoms with Crippen molar-refractivity contribution in [1.29, 1.82) is 0 Å². The Labute approximate surface area is 96.6 Å². The second-order valence-corrected chi connectivity index (χ2v) is 7.24. The number of thioether (sulfide) groups is 1. The van der Waals surface area contributed by atoms with Crippen molar-refractivity contribution in [2.45, 2.75) is 51.4 Å². The average Bonchev–Trinajstić information content (AvgIpc) is 2.28. The number of rotatable bonds is 2. The molecule has 1 saturated heterocycles. The molecule has 0 saturated carbocycles. The van der Waals surface area contributed by atoms with Crippen LogP contribution in [0.5, 0.6) is 0 Å². The van der Waals surface area contributed by atoms with Gasteiger partial charge in [-0.2, -0.15) is 11.8 Å². The van der Waals surface area contributed by atoms with Crippen molar-refractivity contribution in [3.05, 3.63) is 0 Å². The van der Waals surface area contributed by atoms with Gasteiger partial charge >= 0.3 is 0 Å². The maximum absolute atomic E-state index is 11.6. The van der Waals surface area contributed by atoms with Gasteiger partial charge in [-0.05, 0) is 26.2 Å². The van der Waals surface area contributed by atoms with Crippen LogP contribution >= 0.6 is 11.8 Å². The Balaban J connectivity index is 2.77. The second-order valence-electron chi connectivity index (χ2n) is 5.61. The summed E-state index contributed by atoms with van der Waals surface area (Å²) in [5, 5.41) is 3.07.